The van der Waals surface area contributed by atoms with E-state index in [1.165, 1.54) is 5.56 Å². The van der Waals surface area contributed by atoms with Crippen molar-refractivity contribution in [1.82, 2.24) is 10.6 Å². The van der Waals surface area contributed by atoms with Crippen molar-refractivity contribution >= 4 is 5.91 Å². The molecule has 0 aliphatic heterocycles. The van der Waals surface area contributed by atoms with Gasteiger partial charge in [0.1, 0.15) is 0 Å². The van der Waals surface area contributed by atoms with Crippen LogP contribution in [0.5, 0.6) is 0 Å². The molecule has 0 spiro atoms. The van der Waals surface area contributed by atoms with E-state index >= 15 is 0 Å². The first kappa shape index (κ1) is 14.7. The molecular formula is C15H24N2O. The first-order valence-electron chi connectivity index (χ1n) is 6.76. The van der Waals surface area contributed by atoms with Crippen LogP contribution in [0.15, 0.2) is 24.3 Å². The summed E-state index contributed by atoms with van der Waals surface area (Å²) >= 11 is 0. The van der Waals surface area contributed by atoms with Crippen LogP contribution < -0.4 is 10.6 Å². The van der Waals surface area contributed by atoms with Crippen molar-refractivity contribution in [3.8, 4) is 0 Å². The Kier molecular flexibility index (Phi) is 6.44. The van der Waals surface area contributed by atoms with E-state index in [1.54, 1.807) is 0 Å². The van der Waals surface area contributed by atoms with Crippen molar-refractivity contribution < 1.29 is 4.79 Å². The summed E-state index contributed by atoms with van der Waals surface area (Å²) in [6.45, 7) is 7.84. The molecule has 0 aliphatic rings. The maximum Gasteiger partial charge on any atom is 0.221 e. The van der Waals surface area contributed by atoms with Gasteiger partial charge in [-0.3, -0.25) is 4.79 Å². The van der Waals surface area contributed by atoms with E-state index < -0.39 is 0 Å². The smallest absolute Gasteiger partial charge is 0.221 e. The van der Waals surface area contributed by atoms with Crippen LogP contribution in [-0.2, 0) is 11.2 Å². The summed E-state index contributed by atoms with van der Waals surface area (Å²) < 4.78 is 0. The Morgan fingerprint density at radius 3 is 2.44 bits per heavy atom. The molecular weight excluding hydrogens is 224 g/mol. The Hall–Kier alpha value is -1.35. The van der Waals surface area contributed by atoms with Crippen LogP contribution in [0.1, 0.15) is 44.4 Å². The lowest BCUT2D eigenvalue weighted by Gasteiger charge is -2.15. The summed E-state index contributed by atoms with van der Waals surface area (Å²) in [4.78, 5) is 11.7. The Morgan fingerprint density at radius 2 is 1.89 bits per heavy atom. The highest BCUT2D eigenvalue weighted by Crippen LogP contribution is 2.13. The van der Waals surface area contributed by atoms with Gasteiger partial charge in [0, 0.05) is 13.0 Å². The zero-order chi connectivity index (χ0) is 13.4. The maximum absolute atomic E-state index is 11.7. The molecule has 0 bridgehead atoms. The third kappa shape index (κ3) is 4.88. The average molecular weight is 248 g/mol. The monoisotopic (exact) mass is 248 g/mol. The number of hydrogen-bond acceptors (Lipinski definition) is 2. The summed E-state index contributed by atoms with van der Waals surface area (Å²) in [7, 11) is 0. The second-order valence-corrected chi connectivity index (χ2v) is 4.49. The number of carbonyl (C=O) groups excluding carboxylic acids is 1. The molecule has 18 heavy (non-hydrogen) atoms. The van der Waals surface area contributed by atoms with Gasteiger partial charge in [-0.2, -0.15) is 0 Å². The highest BCUT2D eigenvalue weighted by Gasteiger charge is 2.08. The summed E-state index contributed by atoms with van der Waals surface area (Å²) in [6.07, 6.45) is 1.58. The molecule has 100 valence electrons. The summed E-state index contributed by atoms with van der Waals surface area (Å²) in [5.74, 6) is 0.100. The van der Waals surface area contributed by atoms with Crippen LogP contribution in [0.3, 0.4) is 0 Å². The van der Waals surface area contributed by atoms with Gasteiger partial charge in [0.05, 0.1) is 6.04 Å². The predicted molar refractivity (Wildman–Crippen MR) is 75.5 cm³/mol. The lowest BCUT2D eigenvalue weighted by atomic mass is 10.0. The van der Waals surface area contributed by atoms with Gasteiger partial charge in [-0.15, -0.1) is 0 Å². The van der Waals surface area contributed by atoms with Gasteiger partial charge in [-0.05, 0) is 31.0 Å². The molecule has 0 saturated heterocycles. The van der Waals surface area contributed by atoms with Crippen molar-refractivity contribution in [2.75, 3.05) is 13.1 Å². The van der Waals surface area contributed by atoms with E-state index in [9.17, 15) is 4.79 Å². The Balaban J connectivity index is 2.43. The highest BCUT2D eigenvalue weighted by molar-refractivity contribution is 5.76. The van der Waals surface area contributed by atoms with Gasteiger partial charge in [-0.25, -0.2) is 0 Å². The van der Waals surface area contributed by atoms with Gasteiger partial charge in [0.15, 0.2) is 0 Å². The van der Waals surface area contributed by atoms with E-state index in [2.05, 4.69) is 41.8 Å². The number of carbonyl (C=O) groups is 1. The van der Waals surface area contributed by atoms with Gasteiger partial charge in [0.25, 0.3) is 0 Å². The van der Waals surface area contributed by atoms with E-state index in [0.29, 0.717) is 6.42 Å². The summed E-state index contributed by atoms with van der Waals surface area (Å²) in [5.41, 5.74) is 2.48. The van der Waals surface area contributed by atoms with Crippen molar-refractivity contribution in [1.29, 1.82) is 0 Å². The first-order valence-corrected chi connectivity index (χ1v) is 6.76. The van der Waals surface area contributed by atoms with Crippen molar-refractivity contribution in [2.24, 2.45) is 0 Å². The first-order chi connectivity index (χ1) is 8.67. The van der Waals surface area contributed by atoms with Crippen LogP contribution in [-0.4, -0.2) is 19.0 Å². The number of nitrogens with one attached hydrogen (secondary N) is 2. The minimum atomic E-state index is 0.0741. The Bertz CT molecular complexity index is 359. The molecule has 0 fully saturated rings. The number of amides is 1. The fourth-order valence-corrected chi connectivity index (χ4v) is 1.82. The number of aryl methyl sites for hydroxylation is 1. The van der Waals surface area contributed by atoms with Crippen LogP contribution in [0.25, 0.3) is 0 Å². The zero-order valence-electron chi connectivity index (χ0n) is 11.6. The largest absolute Gasteiger partial charge is 0.350 e. The molecule has 3 heteroatoms. The van der Waals surface area contributed by atoms with Gasteiger partial charge >= 0.3 is 0 Å². The van der Waals surface area contributed by atoms with Gasteiger partial charge in [0.2, 0.25) is 5.91 Å². The quantitative estimate of drug-likeness (QED) is 0.728. The molecule has 3 nitrogen and oxygen atoms in total. The Labute approximate surface area is 110 Å². The topological polar surface area (TPSA) is 41.1 Å². The number of benzene rings is 1. The third-order valence-electron chi connectivity index (χ3n) is 3.04. The zero-order valence-corrected chi connectivity index (χ0v) is 11.6. The minimum absolute atomic E-state index is 0.0741. The summed E-state index contributed by atoms with van der Waals surface area (Å²) in [6, 6.07) is 8.50. The molecule has 0 saturated carbocycles. The van der Waals surface area contributed by atoms with Crippen LogP contribution in [0, 0.1) is 0 Å². The molecule has 0 aliphatic carbocycles. The lowest BCUT2D eigenvalue weighted by molar-refractivity contribution is -0.121. The number of hydrogen-bond donors (Lipinski definition) is 2. The fourth-order valence-electron chi connectivity index (χ4n) is 1.82. The maximum atomic E-state index is 11.7. The summed E-state index contributed by atoms with van der Waals surface area (Å²) in [5, 5.41) is 6.16. The molecule has 0 heterocycles. The normalized spacial score (nSPS) is 12.2. The third-order valence-corrected chi connectivity index (χ3v) is 3.04. The molecule has 2 N–H and O–H groups in total. The van der Waals surface area contributed by atoms with Crippen molar-refractivity contribution in [3.63, 3.8) is 0 Å². The molecule has 1 rings (SSSR count). The molecule has 0 aromatic heterocycles. The van der Waals surface area contributed by atoms with E-state index in [-0.39, 0.29) is 11.9 Å². The van der Waals surface area contributed by atoms with Crippen LogP contribution in [0.2, 0.25) is 0 Å². The van der Waals surface area contributed by atoms with E-state index in [0.717, 1.165) is 25.1 Å². The molecule has 1 atom stereocenters. The lowest BCUT2D eigenvalue weighted by Crippen LogP contribution is -2.29. The molecule has 0 radical (unpaired) electrons. The standard InChI is InChI=1S/C15H24N2O/c1-4-13-6-8-14(9-7-13)12(3)17-15(18)10-11-16-5-2/h6-9,12,16H,4-5,10-11H2,1-3H3,(H,17,18). The molecule has 1 unspecified atom stereocenters. The molecule has 1 aromatic carbocycles. The number of rotatable bonds is 7. The van der Waals surface area contributed by atoms with Gasteiger partial charge in [-0.1, -0.05) is 38.1 Å². The fraction of sp³-hybridized carbons (Fsp3) is 0.533. The van der Waals surface area contributed by atoms with Crippen molar-refractivity contribution in [2.45, 2.75) is 39.7 Å². The Morgan fingerprint density at radius 1 is 1.22 bits per heavy atom. The average Bonchev–Trinajstić information content (AvgIpc) is 2.39. The van der Waals surface area contributed by atoms with E-state index in [4.69, 9.17) is 0 Å². The van der Waals surface area contributed by atoms with Crippen LogP contribution >= 0.6 is 0 Å². The van der Waals surface area contributed by atoms with E-state index in [1.807, 2.05) is 13.8 Å². The minimum Gasteiger partial charge on any atom is -0.350 e. The van der Waals surface area contributed by atoms with Crippen molar-refractivity contribution in [3.05, 3.63) is 35.4 Å². The van der Waals surface area contributed by atoms with Crippen LogP contribution in [0.4, 0.5) is 0 Å². The second kappa shape index (κ2) is 7.88. The van der Waals surface area contributed by atoms with Gasteiger partial charge < -0.3 is 10.6 Å². The SMILES string of the molecule is CCNCCC(=O)NC(C)c1ccc(CC)cc1. The highest BCUT2D eigenvalue weighted by atomic mass is 16.1. The predicted octanol–water partition coefficient (Wildman–Crippen LogP) is 2.43. The molecule has 1 amide bonds. The second-order valence-electron chi connectivity index (χ2n) is 4.49. The molecule has 1 aromatic rings.